The van der Waals surface area contributed by atoms with Gasteiger partial charge >= 0.3 is 0 Å². The standard InChI is InChI=1S/C28H27N3O3S.H2O2/c1-31(20-10-12-21(34-2)13-11-20)28(33)25-15-18-6-5-7-19(14-18)17-35-27-23(16-26(32)29-25)22-8-3-4-9-24(22)30-27;1-2/h3-14,25,30H,15-17H2,1-2H3,(H,29,32);1-2H. The first-order valence-electron chi connectivity index (χ1n) is 11.7. The van der Waals surface area contributed by atoms with E-state index < -0.39 is 6.04 Å². The summed E-state index contributed by atoms with van der Waals surface area (Å²) in [6.07, 6.45) is 0.626. The summed E-state index contributed by atoms with van der Waals surface area (Å²) in [5.74, 6) is 1.16. The van der Waals surface area contributed by atoms with Gasteiger partial charge in [-0.1, -0.05) is 42.5 Å². The Balaban J connectivity index is 0.00000156. The first-order valence-corrected chi connectivity index (χ1v) is 12.7. The summed E-state index contributed by atoms with van der Waals surface area (Å²) in [5.41, 5.74) is 4.91. The third-order valence-corrected chi connectivity index (χ3v) is 7.46. The summed E-state index contributed by atoms with van der Waals surface area (Å²) in [7, 11) is 3.34. The number of fused-ring (bicyclic) bond motifs is 5. The Morgan fingerprint density at radius 2 is 1.76 bits per heavy atom. The molecule has 0 aliphatic carbocycles. The van der Waals surface area contributed by atoms with Crippen molar-refractivity contribution in [2.24, 2.45) is 0 Å². The first kappa shape index (κ1) is 26.3. The zero-order valence-electron chi connectivity index (χ0n) is 20.6. The lowest BCUT2D eigenvalue weighted by Gasteiger charge is -2.25. The number of H-pyrrole nitrogens is 1. The zero-order chi connectivity index (χ0) is 26.4. The van der Waals surface area contributed by atoms with Gasteiger partial charge in [0.1, 0.15) is 11.8 Å². The van der Waals surface area contributed by atoms with Gasteiger partial charge in [0.25, 0.3) is 0 Å². The van der Waals surface area contributed by atoms with Crippen LogP contribution in [0.1, 0.15) is 16.7 Å². The van der Waals surface area contributed by atoms with Crippen LogP contribution < -0.4 is 15.0 Å². The highest BCUT2D eigenvalue weighted by atomic mass is 32.2. The first-order chi connectivity index (χ1) is 18.0. The van der Waals surface area contributed by atoms with Crippen molar-refractivity contribution in [1.82, 2.24) is 10.3 Å². The summed E-state index contributed by atoms with van der Waals surface area (Å²) in [4.78, 5) is 31.9. The van der Waals surface area contributed by atoms with Gasteiger partial charge in [-0.25, -0.2) is 0 Å². The molecule has 1 atom stereocenters. The molecule has 4 aromatic rings. The van der Waals surface area contributed by atoms with E-state index in [0.717, 1.165) is 44.2 Å². The molecule has 9 heteroatoms. The second-order valence-corrected chi connectivity index (χ2v) is 9.67. The van der Waals surface area contributed by atoms with Crippen LogP contribution in [-0.4, -0.2) is 47.5 Å². The molecule has 1 aromatic heterocycles. The predicted octanol–water partition coefficient (Wildman–Crippen LogP) is 4.73. The molecular weight excluding hydrogens is 490 g/mol. The monoisotopic (exact) mass is 519 g/mol. The van der Waals surface area contributed by atoms with E-state index in [1.54, 1.807) is 30.8 Å². The molecule has 1 unspecified atom stereocenters. The van der Waals surface area contributed by atoms with Crippen LogP contribution in [0.25, 0.3) is 10.9 Å². The van der Waals surface area contributed by atoms with Gasteiger partial charge in [-0.05, 0) is 41.5 Å². The van der Waals surface area contributed by atoms with Crippen LogP contribution in [0.15, 0.2) is 77.8 Å². The van der Waals surface area contributed by atoms with Gasteiger partial charge in [0.15, 0.2) is 0 Å². The number of ether oxygens (including phenoxy) is 1. The Morgan fingerprint density at radius 3 is 2.51 bits per heavy atom. The van der Waals surface area contributed by atoms with Crippen molar-refractivity contribution in [3.05, 3.63) is 89.5 Å². The van der Waals surface area contributed by atoms with E-state index in [0.29, 0.717) is 6.42 Å². The highest BCUT2D eigenvalue weighted by Gasteiger charge is 2.27. The zero-order valence-corrected chi connectivity index (χ0v) is 21.4. The van der Waals surface area contributed by atoms with Crippen LogP contribution in [0.3, 0.4) is 0 Å². The summed E-state index contributed by atoms with van der Waals surface area (Å²) in [5, 5.41) is 17.1. The molecule has 2 amide bonds. The number of carbonyl (C=O) groups excluding carboxylic acids is 2. The molecule has 0 spiro atoms. The molecule has 37 heavy (non-hydrogen) atoms. The number of amides is 2. The van der Waals surface area contributed by atoms with Crippen molar-refractivity contribution in [3.8, 4) is 5.75 Å². The molecule has 0 saturated carbocycles. The van der Waals surface area contributed by atoms with Crippen LogP contribution in [0.2, 0.25) is 0 Å². The Kier molecular flexibility index (Phi) is 8.50. The minimum Gasteiger partial charge on any atom is -0.497 e. The molecule has 0 radical (unpaired) electrons. The summed E-state index contributed by atoms with van der Waals surface area (Å²) in [6, 6.07) is 22.9. The number of para-hydroxylation sites is 1. The van der Waals surface area contributed by atoms with Gasteiger partial charge < -0.3 is 19.9 Å². The van der Waals surface area contributed by atoms with E-state index >= 15 is 0 Å². The quantitative estimate of drug-likeness (QED) is 0.230. The Morgan fingerprint density at radius 1 is 1.03 bits per heavy atom. The van der Waals surface area contributed by atoms with Crippen molar-refractivity contribution in [3.63, 3.8) is 0 Å². The van der Waals surface area contributed by atoms with Gasteiger partial charge in [0, 0.05) is 41.4 Å². The number of thioether (sulfide) groups is 1. The number of hydrogen-bond donors (Lipinski definition) is 4. The highest BCUT2D eigenvalue weighted by molar-refractivity contribution is 7.98. The minimum atomic E-state index is -0.689. The SMILES string of the molecule is COc1ccc(N(C)C(=O)C2Cc3cccc(c3)CSc3[nH]c4ccccc4c3CC(=O)N2)cc1.OO. The van der Waals surface area contributed by atoms with E-state index in [9.17, 15) is 9.59 Å². The molecule has 2 heterocycles. The number of nitrogens with one attached hydrogen (secondary N) is 2. The summed E-state index contributed by atoms with van der Waals surface area (Å²) in [6.45, 7) is 0. The number of benzene rings is 3. The van der Waals surface area contributed by atoms with Crippen LogP contribution in [-0.2, 0) is 28.2 Å². The lowest BCUT2D eigenvalue weighted by atomic mass is 10.0. The normalized spacial score (nSPS) is 15.2. The number of aromatic nitrogens is 1. The van der Waals surface area contributed by atoms with Gasteiger partial charge in [-0.15, -0.1) is 11.8 Å². The second kappa shape index (κ2) is 12.0. The molecule has 0 fully saturated rings. The molecule has 1 aliphatic heterocycles. The van der Waals surface area contributed by atoms with Gasteiger partial charge in [0.2, 0.25) is 11.8 Å². The number of aromatic amines is 1. The second-order valence-electron chi connectivity index (χ2n) is 8.68. The van der Waals surface area contributed by atoms with Crippen LogP contribution in [0.5, 0.6) is 5.75 Å². The van der Waals surface area contributed by atoms with Gasteiger partial charge in [-0.3, -0.25) is 20.1 Å². The molecular formula is C28H29N3O5S. The van der Waals surface area contributed by atoms with Crippen LogP contribution in [0.4, 0.5) is 5.69 Å². The third kappa shape index (κ3) is 5.96. The minimum absolute atomic E-state index is 0.167. The highest BCUT2D eigenvalue weighted by Crippen LogP contribution is 2.33. The number of rotatable bonds is 3. The largest absolute Gasteiger partial charge is 0.497 e. The molecule has 3 aromatic carbocycles. The fourth-order valence-electron chi connectivity index (χ4n) is 4.48. The summed E-state index contributed by atoms with van der Waals surface area (Å²) < 4.78 is 5.23. The Hall–Kier alpha value is -3.79. The fraction of sp³-hybridized carbons (Fsp3) is 0.214. The number of carbonyl (C=O) groups is 2. The Bertz CT molecular complexity index is 1390. The number of hydrogen-bond acceptors (Lipinski definition) is 6. The molecule has 5 rings (SSSR count). The maximum absolute atomic E-state index is 13.6. The Labute approximate surface area is 219 Å². The topological polar surface area (TPSA) is 115 Å². The molecule has 192 valence electrons. The van der Waals surface area contributed by atoms with Gasteiger partial charge in [0.05, 0.1) is 18.6 Å². The number of nitrogens with zero attached hydrogens (tertiary/aromatic N) is 1. The fourth-order valence-corrected chi connectivity index (χ4v) is 5.51. The van der Waals surface area contributed by atoms with Crippen molar-refractivity contribution in [1.29, 1.82) is 0 Å². The number of likely N-dealkylation sites (N-methyl/N-ethyl adjacent to an activating group) is 1. The van der Waals surface area contributed by atoms with Crippen molar-refractivity contribution in [2.75, 3.05) is 19.1 Å². The molecule has 0 saturated heterocycles. The molecule has 2 bridgehead atoms. The van der Waals surface area contributed by atoms with Crippen molar-refractivity contribution >= 4 is 40.2 Å². The van der Waals surface area contributed by atoms with Crippen molar-refractivity contribution < 1.29 is 24.8 Å². The lowest BCUT2D eigenvalue weighted by Crippen LogP contribution is -2.49. The van der Waals surface area contributed by atoms with Crippen LogP contribution >= 0.6 is 11.8 Å². The van der Waals surface area contributed by atoms with E-state index in [-0.39, 0.29) is 18.2 Å². The smallest absolute Gasteiger partial charge is 0.249 e. The predicted molar refractivity (Wildman–Crippen MR) is 145 cm³/mol. The maximum Gasteiger partial charge on any atom is 0.249 e. The third-order valence-electron chi connectivity index (χ3n) is 6.35. The molecule has 1 aliphatic rings. The molecule has 4 N–H and O–H groups in total. The van der Waals surface area contributed by atoms with E-state index in [2.05, 4.69) is 22.4 Å². The summed E-state index contributed by atoms with van der Waals surface area (Å²) >= 11 is 1.70. The van der Waals surface area contributed by atoms with E-state index in [4.69, 9.17) is 15.3 Å². The van der Waals surface area contributed by atoms with Gasteiger partial charge in [-0.2, -0.15) is 0 Å². The van der Waals surface area contributed by atoms with E-state index in [1.807, 2.05) is 60.7 Å². The number of methoxy groups -OCH3 is 1. The average Bonchev–Trinajstić information content (AvgIpc) is 3.28. The average molecular weight is 520 g/mol. The maximum atomic E-state index is 13.6. The van der Waals surface area contributed by atoms with E-state index in [1.165, 1.54) is 5.56 Å². The molecule has 8 nitrogen and oxygen atoms in total. The number of anilines is 1. The van der Waals surface area contributed by atoms with Crippen LogP contribution in [0, 0.1) is 0 Å². The van der Waals surface area contributed by atoms with Crippen molar-refractivity contribution in [2.45, 2.75) is 29.7 Å². The lowest BCUT2D eigenvalue weighted by molar-refractivity contribution is -0.176.